The van der Waals surface area contributed by atoms with Crippen LogP contribution >= 0.6 is 0 Å². The Balaban J connectivity index is 1.55. The van der Waals surface area contributed by atoms with E-state index in [1.807, 2.05) is 24.3 Å². The summed E-state index contributed by atoms with van der Waals surface area (Å²) in [4.78, 5) is 11.7. The number of ether oxygens (including phenoxy) is 2. The van der Waals surface area contributed by atoms with Crippen LogP contribution in [-0.2, 0) is 16.0 Å². The normalized spacial score (nSPS) is 17.1. The number of carbonyl (C=O) groups excluding carboxylic acids is 1. The first-order valence-corrected chi connectivity index (χ1v) is 8.45. The summed E-state index contributed by atoms with van der Waals surface area (Å²) in [5.74, 6) is 1.37. The van der Waals surface area contributed by atoms with Gasteiger partial charge in [0.2, 0.25) is 0 Å². The van der Waals surface area contributed by atoms with Gasteiger partial charge in [-0.25, -0.2) is 4.79 Å². The molecular weight excluding hydrogens is 306 g/mol. The number of hydrogen-bond acceptors (Lipinski definition) is 5. The van der Waals surface area contributed by atoms with Gasteiger partial charge in [0.25, 0.3) is 0 Å². The molecule has 1 aromatic heterocycles. The topological polar surface area (TPSA) is 60.7 Å². The third kappa shape index (κ3) is 4.24. The van der Waals surface area contributed by atoms with Crippen LogP contribution in [0.3, 0.4) is 0 Å². The lowest BCUT2D eigenvalue weighted by molar-refractivity contribution is 0.0526. The summed E-state index contributed by atoms with van der Waals surface area (Å²) in [7, 11) is 0. The maximum atomic E-state index is 11.7. The van der Waals surface area contributed by atoms with E-state index in [4.69, 9.17) is 13.9 Å². The lowest BCUT2D eigenvalue weighted by atomic mass is 10.1. The van der Waals surface area contributed by atoms with Gasteiger partial charge in [-0.15, -0.1) is 0 Å². The molecule has 1 atom stereocenters. The van der Waals surface area contributed by atoms with Crippen LogP contribution in [0, 0.1) is 0 Å². The van der Waals surface area contributed by atoms with Crippen molar-refractivity contribution >= 4 is 5.97 Å². The van der Waals surface area contributed by atoms with Crippen LogP contribution in [0.25, 0.3) is 11.3 Å². The average molecular weight is 329 g/mol. The van der Waals surface area contributed by atoms with Gasteiger partial charge in [-0.3, -0.25) is 0 Å². The van der Waals surface area contributed by atoms with Crippen LogP contribution in [-0.4, -0.2) is 31.8 Å². The Morgan fingerprint density at radius 2 is 2.08 bits per heavy atom. The third-order valence-corrected chi connectivity index (χ3v) is 4.04. The van der Waals surface area contributed by atoms with E-state index >= 15 is 0 Å². The van der Waals surface area contributed by atoms with Gasteiger partial charge in [-0.05, 0) is 44.0 Å². The highest BCUT2D eigenvalue weighted by atomic mass is 16.5. The second-order valence-corrected chi connectivity index (χ2v) is 5.83. The molecule has 2 aromatic rings. The quantitative estimate of drug-likeness (QED) is 0.789. The first kappa shape index (κ1) is 16.7. The Kier molecular flexibility index (Phi) is 5.67. The molecule has 128 valence electrons. The molecule has 24 heavy (non-hydrogen) atoms. The summed E-state index contributed by atoms with van der Waals surface area (Å²) >= 11 is 0. The summed E-state index contributed by atoms with van der Waals surface area (Å²) in [6.07, 6.45) is 2.61. The molecule has 5 nitrogen and oxygen atoms in total. The average Bonchev–Trinajstić information content (AvgIpc) is 3.27. The van der Waals surface area contributed by atoms with E-state index in [1.165, 1.54) is 0 Å². The van der Waals surface area contributed by atoms with Crippen molar-refractivity contribution in [2.24, 2.45) is 0 Å². The summed E-state index contributed by atoms with van der Waals surface area (Å²) in [5.41, 5.74) is 1.49. The molecule has 5 heteroatoms. The lowest BCUT2D eigenvalue weighted by Crippen LogP contribution is -2.25. The predicted molar refractivity (Wildman–Crippen MR) is 90.8 cm³/mol. The van der Waals surface area contributed by atoms with E-state index in [1.54, 1.807) is 19.1 Å². The SMILES string of the molecule is CCOC(=O)c1ccc(-c2ccc(CNC[C@@H]3CCCO3)o2)cc1. The number of furan rings is 1. The number of esters is 1. The van der Waals surface area contributed by atoms with Crippen LogP contribution in [0.5, 0.6) is 0 Å². The van der Waals surface area contributed by atoms with E-state index in [2.05, 4.69) is 5.32 Å². The lowest BCUT2D eigenvalue weighted by Gasteiger charge is -2.09. The van der Waals surface area contributed by atoms with Gasteiger partial charge >= 0.3 is 5.97 Å². The summed E-state index contributed by atoms with van der Waals surface area (Å²) < 4.78 is 16.4. The van der Waals surface area contributed by atoms with Crippen molar-refractivity contribution in [1.29, 1.82) is 0 Å². The van der Waals surface area contributed by atoms with Gasteiger partial charge in [-0.2, -0.15) is 0 Å². The van der Waals surface area contributed by atoms with Crippen LogP contribution in [0.4, 0.5) is 0 Å². The van der Waals surface area contributed by atoms with Gasteiger partial charge in [0.05, 0.1) is 24.8 Å². The minimum absolute atomic E-state index is 0.303. The van der Waals surface area contributed by atoms with Gasteiger partial charge in [0, 0.05) is 18.7 Å². The second-order valence-electron chi connectivity index (χ2n) is 5.83. The van der Waals surface area contributed by atoms with Crippen LogP contribution in [0.2, 0.25) is 0 Å². The molecule has 1 saturated heterocycles. The standard InChI is InChI=1S/C19H23NO4/c1-2-22-19(21)15-7-5-14(6-8-15)18-10-9-17(24-18)13-20-12-16-4-3-11-23-16/h5-10,16,20H,2-4,11-13H2,1H3/t16-/m0/s1. The van der Waals surface area contributed by atoms with Crippen LogP contribution < -0.4 is 5.32 Å². The van der Waals surface area contributed by atoms with Gasteiger partial charge in [0.15, 0.2) is 0 Å². The first-order chi connectivity index (χ1) is 11.8. The molecule has 0 spiro atoms. The Labute approximate surface area is 141 Å². The molecule has 2 heterocycles. The molecular formula is C19H23NO4. The first-order valence-electron chi connectivity index (χ1n) is 8.45. The van der Waals surface area contributed by atoms with Crippen LogP contribution in [0.15, 0.2) is 40.8 Å². The zero-order chi connectivity index (χ0) is 16.8. The number of hydrogen-bond donors (Lipinski definition) is 1. The highest BCUT2D eigenvalue weighted by Gasteiger charge is 2.15. The Bertz CT molecular complexity index is 656. The molecule has 3 rings (SSSR count). The number of rotatable bonds is 7. The third-order valence-electron chi connectivity index (χ3n) is 4.04. The largest absolute Gasteiger partial charge is 0.462 e. The van der Waals surface area contributed by atoms with Crippen molar-refractivity contribution in [3.05, 3.63) is 47.7 Å². The summed E-state index contributed by atoms with van der Waals surface area (Å²) in [5, 5.41) is 3.37. The number of benzene rings is 1. The monoisotopic (exact) mass is 329 g/mol. The van der Waals surface area contributed by atoms with Crippen molar-refractivity contribution in [2.75, 3.05) is 19.8 Å². The summed E-state index contributed by atoms with van der Waals surface area (Å²) in [6.45, 7) is 4.58. The molecule has 1 fully saturated rings. The summed E-state index contributed by atoms with van der Waals surface area (Å²) in [6, 6.07) is 11.2. The molecule has 1 aliphatic heterocycles. The minimum atomic E-state index is -0.303. The molecule has 0 saturated carbocycles. The fourth-order valence-corrected chi connectivity index (χ4v) is 2.77. The molecule has 0 amide bonds. The van der Waals surface area contributed by atoms with E-state index in [9.17, 15) is 4.79 Å². The predicted octanol–water partition coefficient (Wildman–Crippen LogP) is 3.39. The van der Waals surface area contributed by atoms with E-state index < -0.39 is 0 Å². The minimum Gasteiger partial charge on any atom is -0.462 e. The van der Waals surface area contributed by atoms with Crippen molar-refractivity contribution < 1.29 is 18.7 Å². The maximum absolute atomic E-state index is 11.7. The zero-order valence-electron chi connectivity index (χ0n) is 13.9. The van der Waals surface area contributed by atoms with Crippen molar-refractivity contribution in [2.45, 2.75) is 32.4 Å². The fourth-order valence-electron chi connectivity index (χ4n) is 2.77. The van der Waals surface area contributed by atoms with Gasteiger partial charge in [0.1, 0.15) is 11.5 Å². The van der Waals surface area contributed by atoms with Gasteiger partial charge < -0.3 is 19.2 Å². The highest BCUT2D eigenvalue weighted by Crippen LogP contribution is 2.23. The van der Waals surface area contributed by atoms with E-state index in [-0.39, 0.29) is 5.97 Å². The second kappa shape index (κ2) is 8.13. The Morgan fingerprint density at radius 3 is 2.79 bits per heavy atom. The van der Waals surface area contributed by atoms with E-state index in [0.29, 0.717) is 24.8 Å². The number of carbonyl (C=O) groups is 1. The molecule has 0 radical (unpaired) electrons. The molecule has 0 aliphatic carbocycles. The van der Waals surface area contributed by atoms with Crippen molar-refractivity contribution in [3.63, 3.8) is 0 Å². The maximum Gasteiger partial charge on any atom is 0.338 e. The van der Waals surface area contributed by atoms with Crippen LogP contribution in [0.1, 0.15) is 35.9 Å². The van der Waals surface area contributed by atoms with E-state index in [0.717, 1.165) is 43.1 Å². The smallest absolute Gasteiger partial charge is 0.338 e. The molecule has 1 aliphatic rings. The van der Waals surface area contributed by atoms with Gasteiger partial charge in [-0.1, -0.05) is 12.1 Å². The zero-order valence-corrected chi connectivity index (χ0v) is 13.9. The number of nitrogens with one attached hydrogen (secondary N) is 1. The molecule has 0 unspecified atom stereocenters. The highest BCUT2D eigenvalue weighted by molar-refractivity contribution is 5.89. The molecule has 1 N–H and O–H groups in total. The Hall–Kier alpha value is -2.11. The van der Waals surface area contributed by atoms with Crippen molar-refractivity contribution in [3.8, 4) is 11.3 Å². The molecule has 1 aromatic carbocycles. The van der Waals surface area contributed by atoms with Crippen molar-refractivity contribution in [1.82, 2.24) is 5.32 Å². The Morgan fingerprint density at radius 1 is 1.25 bits per heavy atom. The fraction of sp³-hybridized carbons (Fsp3) is 0.421. The molecule has 0 bridgehead atoms.